The first kappa shape index (κ1) is 11.5. The Labute approximate surface area is 86.9 Å². The number of hydrogen-bond donors (Lipinski definition) is 1. The lowest BCUT2D eigenvalue weighted by Gasteiger charge is -2.26. The SMILES string of the molecule is CCN(CC1CCCN1)C(=O)C(C)C. The zero-order valence-corrected chi connectivity index (χ0v) is 9.55. The minimum Gasteiger partial charge on any atom is -0.341 e. The molecule has 1 N–H and O–H groups in total. The summed E-state index contributed by atoms with van der Waals surface area (Å²) in [7, 11) is 0. The third kappa shape index (κ3) is 2.98. The lowest BCUT2D eigenvalue weighted by atomic mass is 10.1. The Morgan fingerprint density at radius 1 is 1.57 bits per heavy atom. The van der Waals surface area contributed by atoms with Gasteiger partial charge >= 0.3 is 0 Å². The van der Waals surface area contributed by atoms with Crippen LogP contribution in [0.2, 0.25) is 0 Å². The van der Waals surface area contributed by atoms with Crippen molar-refractivity contribution in [2.24, 2.45) is 5.92 Å². The Balaban J connectivity index is 2.41. The van der Waals surface area contributed by atoms with Gasteiger partial charge in [-0.3, -0.25) is 4.79 Å². The number of likely N-dealkylation sites (N-methyl/N-ethyl adjacent to an activating group) is 1. The van der Waals surface area contributed by atoms with Crippen LogP contribution in [0.3, 0.4) is 0 Å². The van der Waals surface area contributed by atoms with Crippen molar-refractivity contribution in [2.75, 3.05) is 19.6 Å². The zero-order valence-electron chi connectivity index (χ0n) is 9.55. The van der Waals surface area contributed by atoms with Gasteiger partial charge in [0.25, 0.3) is 0 Å². The Morgan fingerprint density at radius 3 is 2.71 bits per heavy atom. The molecule has 0 radical (unpaired) electrons. The highest BCUT2D eigenvalue weighted by Gasteiger charge is 2.21. The van der Waals surface area contributed by atoms with Gasteiger partial charge in [-0.2, -0.15) is 0 Å². The molecule has 1 unspecified atom stereocenters. The summed E-state index contributed by atoms with van der Waals surface area (Å²) in [4.78, 5) is 13.7. The van der Waals surface area contributed by atoms with E-state index < -0.39 is 0 Å². The standard InChI is InChI=1S/C11H22N2O/c1-4-13(11(14)9(2)3)8-10-6-5-7-12-10/h9-10,12H,4-8H2,1-3H3. The lowest BCUT2D eigenvalue weighted by molar-refractivity contribution is -0.134. The third-order valence-electron chi connectivity index (χ3n) is 2.79. The molecule has 1 aliphatic heterocycles. The summed E-state index contributed by atoms with van der Waals surface area (Å²) >= 11 is 0. The molecule has 0 bridgehead atoms. The molecule has 1 rings (SSSR count). The molecule has 0 aromatic carbocycles. The lowest BCUT2D eigenvalue weighted by Crippen LogP contribution is -2.42. The Kier molecular flexibility index (Phi) is 4.39. The first-order chi connectivity index (χ1) is 6.65. The third-order valence-corrected chi connectivity index (χ3v) is 2.79. The van der Waals surface area contributed by atoms with Crippen molar-refractivity contribution in [3.63, 3.8) is 0 Å². The molecule has 1 saturated heterocycles. The van der Waals surface area contributed by atoms with Crippen molar-refractivity contribution in [3.8, 4) is 0 Å². The highest BCUT2D eigenvalue weighted by molar-refractivity contribution is 5.78. The zero-order chi connectivity index (χ0) is 10.6. The Hall–Kier alpha value is -0.570. The van der Waals surface area contributed by atoms with Gasteiger partial charge in [0, 0.05) is 25.0 Å². The maximum atomic E-state index is 11.8. The van der Waals surface area contributed by atoms with Crippen molar-refractivity contribution >= 4 is 5.91 Å². The van der Waals surface area contributed by atoms with Crippen LogP contribution in [0.4, 0.5) is 0 Å². The van der Waals surface area contributed by atoms with E-state index in [1.165, 1.54) is 12.8 Å². The second-order valence-electron chi connectivity index (χ2n) is 4.32. The molecule has 1 amide bonds. The molecule has 1 heterocycles. The van der Waals surface area contributed by atoms with Gasteiger partial charge in [-0.25, -0.2) is 0 Å². The Morgan fingerprint density at radius 2 is 2.29 bits per heavy atom. The molecule has 0 aliphatic carbocycles. The van der Waals surface area contributed by atoms with Gasteiger partial charge in [-0.05, 0) is 26.3 Å². The molecule has 3 nitrogen and oxygen atoms in total. The average Bonchev–Trinajstić information content (AvgIpc) is 2.65. The molecule has 3 heteroatoms. The summed E-state index contributed by atoms with van der Waals surface area (Å²) in [5.74, 6) is 0.401. The summed E-state index contributed by atoms with van der Waals surface area (Å²) in [5, 5.41) is 3.42. The molecule has 14 heavy (non-hydrogen) atoms. The molecule has 0 saturated carbocycles. The molecule has 1 atom stereocenters. The second-order valence-corrected chi connectivity index (χ2v) is 4.32. The van der Waals surface area contributed by atoms with E-state index in [2.05, 4.69) is 12.2 Å². The number of rotatable bonds is 4. The van der Waals surface area contributed by atoms with Crippen LogP contribution in [0.1, 0.15) is 33.6 Å². The molecule has 1 fully saturated rings. The van der Waals surface area contributed by atoms with Crippen molar-refractivity contribution in [3.05, 3.63) is 0 Å². The highest BCUT2D eigenvalue weighted by atomic mass is 16.2. The number of amides is 1. The first-order valence-electron chi connectivity index (χ1n) is 5.67. The molecule has 0 spiro atoms. The van der Waals surface area contributed by atoms with Crippen LogP contribution in [-0.2, 0) is 4.79 Å². The van der Waals surface area contributed by atoms with E-state index in [1.54, 1.807) is 0 Å². The summed E-state index contributed by atoms with van der Waals surface area (Å²) < 4.78 is 0. The van der Waals surface area contributed by atoms with Gasteiger partial charge in [0.15, 0.2) is 0 Å². The fraction of sp³-hybridized carbons (Fsp3) is 0.909. The molecular formula is C11H22N2O. The smallest absolute Gasteiger partial charge is 0.225 e. The van der Waals surface area contributed by atoms with Crippen molar-refractivity contribution in [1.82, 2.24) is 10.2 Å². The van der Waals surface area contributed by atoms with Gasteiger partial charge in [-0.1, -0.05) is 13.8 Å². The normalized spacial score (nSPS) is 21.6. The Bertz CT molecular complexity index is 186. The molecule has 82 valence electrons. The minimum absolute atomic E-state index is 0.122. The number of carbonyl (C=O) groups excluding carboxylic acids is 1. The van der Waals surface area contributed by atoms with E-state index in [0.29, 0.717) is 6.04 Å². The van der Waals surface area contributed by atoms with Crippen LogP contribution in [0, 0.1) is 5.92 Å². The van der Waals surface area contributed by atoms with Crippen LogP contribution in [-0.4, -0.2) is 36.5 Å². The topological polar surface area (TPSA) is 32.3 Å². The first-order valence-corrected chi connectivity index (χ1v) is 5.67. The largest absolute Gasteiger partial charge is 0.341 e. The van der Waals surface area contributed by atoms with Crippen molar-refractivity contribution in [1.29, 1.82) is 0 Å². The van der Waals surface area contributed by atoms with E-state index in [4.69, 9.17) is 0 Å². The van der Waals surface area contributed by atoms with Gasteiger partial charge in [0.2, 0.25) is 5.91 Å². The molecule has 1 aliphatic rings. The fourth-order valence-electron chi connectivity index (χ4n) is 1.92. The van der Waals surface area contributed by atoms with Gasteiger partial charge < -0.3 is 10.2 Å². The second kappa shape index (κ2) is 5.35. The van der Waals surface area contributed by atoms with E-state index in [9.17, 15) is 4.79 Å². The van der Waals surface area contributed by atoms with E-state index in [1.807, 2.05) is 18.7 Å². The minimum atomic E-state index is 0.122. The van der Waals surface area contributed by atoms with Crippen LogP contribution >= 0.6 is 0 Å². The summed E-state index contributed by atoms with van der Waals surface area (Å²) in [5.41, 5.74) is 0. The van der Waals surface area contributed by atoms with Crippen LogP contribution in [0.5, 0.6) is 0 Å². The van der Waals surface area contributed by atoms with Crippen LogP contribution in [0.15, 0.2) is 0 Å². The monoisotopic (exact) mass is 198 g/mol. The predicted molar refractivity (Wildman–Crippen MR) is 58.1 cm³/mol. The maximum Gasteiger partial charge on any atom is 0.225 e. The summed E-state index contributed by atoms with van der Waals surface area (Å²) in [6, 6.07) is 0.526. The van der Waals surface area contributed by atoms with E-state index in [-0.39, 0.29) is 11.8 Å². The number of carbonyl (C=O) groups is 1. The van der Waals surface area contributed by atoms with Crippen LogP contribution < -0.4 is 5.32 Å². The number of hydrogen-bond acceptors (Lipinski definition) is 2. The van der Waals surface area contributed by atoms with Crippen molar-refractivity contribution < 1.29 is 4.79 Å². The van der Waals surface area contributed by atoms with Gasteiger partial charge in [0.05, 0.1) is 0 Å². The summed E-state index contributed by atoms with van der Waals surface area (Å²) in [6.45, 7) is 8.80. The number of nitrogens with zero attached hydrogens (tertiary/aromatic N) is 1. The predicted octanol–water partition coefficient (Wildman–Crippen LogP) is 1.24. The average molecular weight is 198 g/mol. The van der Waals surface area contributed by atoms with Crippen molar-refractivity contribution in [2.45, 2.75) is 39.7 Å². The quantitative estimate of drug-likeness (QED) is 0.737. The van der Waals surface area contributed by atoms with Crippen LogP contribution in [0.25, 0.3) is 0 Å². The molecular weight excluding hydrogens is 176 g/mol. The van der Waals surface area contributed by atoms with Gasteiger partial charge in [-0.15, -0.1) is 0 Å². The fourth-order valence-corrected chi connectivity index (χ4v) is 1.92. The van der Waals surface area contributed by atoms with E-state index in [0.717, 1.165) is 19.6 Å². The molecule has 0 aromatic heterocycles. The highest BCUT2D eigenvalue weighted by Crippen LogP contribution is 2.09. The maximum absolute atomic E-state index is 11.8. The van der Waals surface area contributed by atoms with E-state index >= 15 is 0 Å². The van der Waals surface area contributed by atoms with Gasteiger partial charge in [0.1, 0.15) is 0 Å². The number of nitrogens with one attached hydrogen (secondary N) is 1. The molecule has 0 aromatic rings. The summed E-state index contributed by atoms with van der Waals surface area (Å²) in [6.07, 6.45) is 2.46.